The van der Waals surface area contributed by atoms with Gasteiger partial charge >= 0.3 is 0 Å². The maximum Gasteiger partial charge on any atom is 0.264 e. The molecule has 0 fully saturated rings. The summed E-state index contributed by atoms with van der Waals surface area (Å²) in [5.74, 6) is -0.0513. The number of aromatic amines is 1. The van der Waals surface area contributed by atoms with Gasteiger partial charge in [-0.1, -0.05) is 6.92 Å². The largest absolute Gasteiger partial charge is 0.304 e. The molecular weight excluding hydrogens is 336 g/mol. The normalized spacial score (nSPS) is 10.5. The van der Waals surface area contributed by atoms with E-state index >= 15 is 0 Å². The summed E-state index contributed by atoms with van der Waals surface area (Å²) in [6.07, 6.45) is 1.76. The van der Waals surface area contributed by atoms with Crippen LogP contribution in [0.4, 0.5) is 4.39 Å². The lowest BCUT2D eigenvalue weighted by atomic mass is 10.3. The molecule has 0 unspecified atom stereocenters. The molecule has 0 amide bonds. The van der Waals surface area contributed by atoms with E-state index in [0.717, 1.165) is 11.9 Å². The predicted molar refractivity (Wildman–Crippen MR) is 70.1 cm³/mol. The molecule has 2 aromatic rings. The highest BCUT2D eigenvalue weighted by Crippen LogP contribution is 2.13. The minimum atomic E-state index is -0.419. The summed E-state index contributed by atoms with van der Waals surface area (Å²) in [7, 11) is 0. The maximum absolute atomic E-state index is 12.7. The van der Waals surface area contributed by atoms with E-state index < -0.39 is 5.82 Å². The average Bonchev–Trinajstić information content (AvgIpc) is 2.33. The summed E-state index contributed by atoms with van der Waals surface area (Å²) in [6, 6.07) is 2.77. The van der Waals surface area contributed by atoms with Crippen molar-refractivity contribution in [1.82, 2.24) is 15.0 Å². The number of aromatic nitrogens is 3. The quantitative estimate of drug-likeness (QED) is 0.849. The zero-order valence-electron chi connectivity index (χ0n) is 9.00. The minimum Gasteiger partial charge on any atom is -0.304 e. The first kappa shape index (κ1) is 12.2. The summed E-state index contributed by atoms with van der Waals surface area (Å²) in [5.41, 5.74) is 0.976. The highest BCUT2D eigenvalue weighted by atomic mass is 127. The van der Waals surface area contributed by atoms with Crippen molar-refractivity contribution >= 4 is 22.6 Å². The Morgan fingerprint density at radius 3 is 2.82 bits per heavy atom. The maximum atomic E-state index is 12.7. The molecule has 0 saturated heterocycles. The van der Waals surface area contributed by atoms with E-state index in [0.29, 0.717) is 21.5 Å². The number of hydrogen-bond donors (Lipinski definition) is 1. The van der Waals surface area contributed by atoms with Crippen molar-refractivity contribution in [2.45, 2.75) is 13.3 Å². The molecule has 4 nitrogen and oxygen atoms in total. The number of rotatable bonds is 2. The van der Waals surface area contributed by atoms with Gasteiger partial charge in [0.25, 0.3) is 5.56 Å². The molecule has 2 rings (SSSR count). The number of pyridine rings is 1. The molecule has 0 aliphatic rings. The van der Waals surface area contributed by atoms with E-state index in [1.165, 1.54) is 12.1 Å². The number of aryl methyl sites for hydroxylation is 1. The van der Waals surface area contributed by atoms with Gasteiger partial charge in [0.2, 0.25) is 0 Å². The van der Waals surface area contributed by atoms with Crippen LogP contribution in [0.15, 0.2) is 23.1 Å². The molecule has 1 N–H and O–H groups in total. The van der Waals surface area contributed by atoms with E-state index in [1.807, 2.05) is 29.5 Å². The molecule has 17 heavy (non-hydrogen) atoms. The lowest BCUT2D eigenvalue weighted by Gasteiger charge is -2.04. The first-order valence-corrected chi connectivity index (χ1v) is 6.10. The standard InChI is InChI=1S/C11H9FIN3O/c1-2-7-9(13)11(17)16-10(15-7)8-4-3-6(12)5-14-8/h3-5H,2H2,1H3,(H,15,16,17). The van der Waals surface area contributed by atoms with Crippen molar-refractivity contribution in [3.63, 3.8) is 0 Å². The molecule has 0 aliphatic heterocycles. The van der Waals surface area contributed by atoms with Crippen LogP contribution in [0, 0.1) is 9.39 Å². The Hall–Kier alpha value is -1.31. The van der Waals surface area contributed by atoms with Crippen molar-refractivity contribution in [1.29, 1.82) is 0 Å². The van der Waals surface area contributed by atoms with E-state index in [2.05, 4.69) is 15.0 Å². The van der Waals surface area contributed by atoms with Gasteiger partial charge in [-0.3, -0.25) is 4.79 Å². The SMILES string of the molecule is CCc1nc(-c2ccc(F)cn2)[nH]c(=O)c1I. The zero-order valence-corrected chi connectivity index (χ0v) is 11.2. The molecule has 2 aromatic heterocycles. The number of nitrogens with one attached hydrogen (secondary N) is 1. The molecule has 0 atom stereocenters. The summed E-state index contributed by atoms with van der Waals surface area (Å²) in [5, 5.41) is 0. The van der Waals surface area contributed by atoms with Gasteiger partial charge in [-0.15, -0.1) is 0 Å². The zero-order chi connectivity index (χ0) is 12.4. The van der Waals surface area contributed by atoms with Crippen molar-refractivity contribution in [2.75, 3.05) is 0 Å². The number of halogens is 2. The molecular formula is C11H9FIN3O. The van der Waals surface area contributed by atoms with Crippen molar-refractivity contribution in [3.05, 3.63) is 43.8 Å². The fourth-order valence-corrected chi connectivity index (χ4v) is 2.01. The Morgan fingerprint density at radius 2 is 2.24 bits per heavy atom. The van der Waals surface area contributed by atoms with Crippen LogP contribution in [-0.2, 0) is 6.42 Å². The molecule has 6 heteroatoms. The number of nitrogens with zero attached hydrogens (tertiary/aromatic N) is 2. The second-order valence-electron chi connectivity index (χ2n) is 3.39. The lowest BCUT2D eigenvalue weighted by Crippen LogP contribution is -2.16. The van der Waals surface area contributed by atoms with Gasteiger partial charge in [-0.25, -0.2) is 14.4 Å². The van der Waals surface area contributed by atoms with E-state index in [4.69, 9.17) is 0 Å². The molecule has 0 spiro atoms. The molecule has 0 aliphatic carbocycles. The van der Waals surface area contributed by atoms with Gasteiger partial charge < -0.3 is 4.98 Å². The first-order chi connectivity index (χ1) is 8.11. The van der Waals surface area contributed by atoms with Gasteiger partial charge in [-0.05, 0) is 41.1 Å². The Morgan fingerprint density at radius 1 is 1.47 bits per heavy atom. The smallest absolute Gasteiger partial charge is 0.264 e. The minimum absolute atomic E-state index is 0.196. The first-order valence-electron chi connectivity index (χ1n) is 5.02. The van der Waals surface area contributed by atoms with Crippen LogP contribution in [0.5, 0.6) is 0 Å². The van der Waals surface area contributed by atoms with E-state index in [-0.39, 0.29) is 5.56 Å². The van der Waals surface area contributed by atoms with Gasteiger partial charge in [0.05, 0.1) is 15.5 Å². The molecule has 2 heterocycles. The van der Waals surface area contributed by atoms with Gasteiger partial charge in [-0.2, -0.15) is 0 Å². The highest BCUT2D eigenvalue weighted by molar-refractivity contribution is 14.1. The third-order valence-electron chi connectivity index (χ3n) is 2.24. The molecule has 0 radical (unpaired) electrons. The monoisotopic (exact) mass is 345 g/mol. The Labute approximate surface area is 110 Å². The summed E-state index contributed by atoms with van der Waals surface area (Å²) < 4.78 is 13.3. The molecule has 0 saturated carbocycles. The predicted octanol–water partition coefficient (Wildman–Crippen LogP) is 2.14. The van der Waals surface area contributed by atoms with Crippen molar-refractivity contribution in [2.24, 2.45) is 0 Å². The van der Waals surface area contributed by atoms with Crippen LogP contribution in [-0.4, -0.2) is 15.0 Å². The van der Waals surface area contributed by atoms with Crippen LogP contribution in [0.1, 0.15) is 12.6 Å². The summed E-state index contributed by atoms with van der Waals surface area (Å²) in [4.78, 5) is 22.5. The van der Waals surface area contributed by atoms with Gasteiger partial charge in [0.1, 0.15) is 11.5 Å². The summed E-state index contributed by atoms with van der Waals surface area (Å²) in [6.45, 7) is 1.92. The highest BCUT2D eigenvalue weighted by Gasteiger charge is 2.09. The van der Waals surface area contributed by atoms with Gasteiger partial charge in [0.15, 0.2) is 5.82 Å². The van der Waals surface area contributed by atoms with E-state index in [1.54, 1.807) is 0 Å². The third kappa shape index (κ3) is 2.51. The van der Waals surface area contributed by atoms with Crippen molar-refractivity contribution in [3.8, 4) is 11.5 Å². The Bertz CT molecular complexity index is 595. The van der Waals surface area contributed by atoms with Crippen LogP contribution in [0.25, 0.3) is 11.5 Å². The second-order valence-corrected chi connectivity index (χ2v) is 4.47. The van der Waals surface area contributed by atoms with E-state index in [9.17, 15) is 9.18 Å². The van der Waals surface area contributed by atoms with Gasteiger partial charge in [0, 0.05) is 0 Å². The van der Waals surface area contributed by atoms with Crippen LogP contribution in [0.2, 0.25) is 0 Å². The number of H-pyrrole nitrogens is 1. The molecule has 0 bridgehead atoms. The number of hydrogen-bond acceptors (Lipinski definition) is 3. The van der Waals surface area contributed by atoms with Crippen LogP contribution in [0.3, 0.4) is 0 Å². The lowest BCUT2D eigenvalue weighted by molar-refractivity contribution is 0.621. The third-order valence-corrected chi connectivity index (χ3v) is 3.35. The summed E-state index contributed by atoms with van der Waals surface area (Å²) >= 11 is 1.96. The fraction of sp³-hybridized carbons (Fsp3) is 0.182. The molecule has 88 valence electrons. The average molecular weight is 345 g/mol. The second kappa shape index (κ2) is 4.91. The van der Waals surface area contributed by atoms with Crippen LogP contribution < -0.4 is 5.56 Å². The van der Waals surface area contributed by atoms with Crippen LogP contribution >= 0.6 is 22.6 Å². The topological polar surface area (TPSA) is 58.6 Å². The Kier molecular flexibility index (Phi) is 3.51. The Balaban J connectivity index is 2.56. The van der Waals surface area contributed by atoms with Crippen molar-refractivity contribution < 1.29 is 4.39 Å². The fourth-order valence-electron chi connectivity index (χ4n) is 1.38. The molecule has 0 aromatic carbocycles.